The summed E-state index contributed by atoms with van der Waals surface area (Å²) in [5.41, 5.74) is 12.1. The SMILES string of the molecule is COC(=O)c1ccc(N)c(NC(C)C(N)=O)c1. The van der Waals surface area contributed by atoms with E-state index in [0.29, 0.717) is 16.9 Å². The van der Waals surface area contributed by atoms with Gasteiger partial charge in [0.15, 0.2) is 0 Å². The summed E-state index contributed by atoms with van der Waals surface area (Å²) in [5.74, 6) is -0.979. The predicted molar refractivity (Wildman–Crippen MR) is 64.5 cm³/mol. The van der Waals surface area contributed by atoms with Crippen molar-refractivity contribution >= 4 is 23.3 Å². The summed E-state index contributed by atoms with van der Waals surface area (Å²) >= 11 is 0. The number of methoxy groups -OCH3 is 1. The van der Waals surface area contributed by atoms with Crippen LogP contribution in [-0.4, -0.2) is 25.0 Å². The summed E-state index contributed by atoms with van der Waals surface area (Å²) in [5, 5.41) is 2.82. The van der Waals surface area contributed by atoms with E-state index in [1.165, 1.54) is 13.2 Å². The van der Waals surface area contributed by atoms with Crippen molar-refractivity contribution in [1.29, 1.82) is 0 Å². The number of nitrogens with two attached hydrogens (primary N) is 2. The predicted octanol–water partition coefficient (Wildman–Crippen LogP) is 0.341. The summed E-state index contributed by atoms with van der Waals surface area (Å²) in [4.78, 5) is 22.2. The molecule has 0 spiro atoms. The van der Waals surface area contributed by atoms with Crippen molar-refractivity contribution in [2.45, 2.75) is 13.0 Å². The number of hydrogen-bond acceptors (Lipinski definition) is 5. The first-order valence-electron chi connectivity index (χ1n) is 4.99. The Bertz CT molecular complexity index is 446. The van der Waals surface area contributed by atoms with Crippen LogP contribution in [-0.2, 0) is 9.53 Å². The maximum absolute atomic E-state index is 11.3. The average Bonchev–Trinajstić information content (AvgIpc) is 2.30. The van der Waals surface area contributed by atoms with Crippen molar-refractivity contribution in [2.75, 3.05) is 18.2 Å². The van der Waals surface area contributed by atoms with Gasteiger partial charge in [0, 0.05) is 0 Å². The topological polar surface area (TPSA) is 107 Å². The molecule has 6 heteroatoms. The number of primary amides is 1. The number of rotatable bonds is 4. The number of nitrogen functional groups attached to an aromatic ring is 1. The Morgan fingerprint density at radius 2 is 2.06 bits per heavy atom. The van der Waals surface area contributed by atoms with Crippen molar-refractivity contribution < 1.29 is 14.3 Å². The Balaban J connectivity index is 2.98. The van der Waals surface area contributed by atoms with E-state index >= 15 is 0 Å². The molecular weight excluding hydrogens is 222 g/mol. The highest BCUT2D eigenvalue weighted by Gasteiger charge is 2.12. The second-order valence-electron chi connectivity index (χ2n) is 3.56. The molecule has 92 valence electrons. The molecule has 0 saturated heterocycles. The van der Waals surface area contributed by atoms with E-state index in [4.69, 9.17) is 11.5 Å². The van der Waals surface area contributed by atoms with Crippen LogP contribution in [0.4, 0.5) is 11.4 Å². The quantitative estimate of drug-likeness (QED) is 0.517. The van der Waals surface area contributed by atoms with Crippen LogP contribution in [0.15, 0.2) is 18.2 Å². The van der Waals surface area contributed by atoms with E-state index in [-0.39, 0.29) is 0 Å². The Morgan fingerprint density at radius 1 is 1.41 bits per heavy atom. The first-order valence-corrected chi connectivity index (χ1v) is 4.99. The molecule has 0 aromatic heterocycles. The standard InChI is InChI=1S/C11H15N3O3/c1-6(10(13)15)14-9-5-7(11(16)17-2)3-4-8(9)12/h3-6,14H,12H2,1-2H3,(H2,13,15). The Morgan fingerprint density at radius 3 is 2.59 bits per heavy atom. The van der Waals surface area contributed by atoms with E-state index in [1.54, 1.807) is 19.1 Å². The minimum absolute atomic E-state index is 0.348. The molecule has 1 atom stereocenters. The van der Waals surface area contributed by atoms with Gasteiger partial charge < -0.3 is 21.5 Å². The van der Waals surface area contributed by atoms with Crippen molar-refractivity contribution in [3.8, 4) is 0 Å². The lowest BCUT2D eigenvalue weighted by molar-refractivity contribution is -0.118. The van der Waals surface area contributed by atoms with Crippen molar-refractivity contribution in [1.82, 2.24) is 0 Å². The lowest BCUT2D eigenvalue weighted by atomic mass is 10.1. The van der Waals surface area contributed by atoms with E-state index in [9.17, 15) is 9.59 Å². The van der Waals surface area contributed by atoms with Crippen molar-refractivity contribution in [3.05, 3.63) is 23.8 Å². The molecule has 1 aromatic carbocycles. The molecule has 0 fully saturated rings. The summed E-state index contributed by atoms with van der Waals surface area (Å²) in [6.07, 6.45) is 0. The number of nitrogens with one attached hydrogen (secondary N) is 1. The van der Waals surface area contributed by atoms with Crippen LogP contribution in [0.5, 0.6) is 0 Å². The molecule has 1 aromatic rings. The van der Waals surface area contributed by atoms with Gasteiger partial charge in [-0.15, -0.1) is 0 Å². The largest absolute Gasteiger partial charge is 0.465 e. The molecule has 5 N–H and O–H groups in total. The van der Waals surface area contributed by atoms with Gasteiger partial charge in [-0.1, -0.05) is 0 Å². The molecule has 6 nitrogen and oxygen atoms in total. The van der Waals surface area contributed by atoms with Gasteiger partial charge in [0.05, 0.1) is 24.0 Å². The van der Waals surface area contributed by atoms with Crippen LogP contribution >= 0.6 is 0 Å². The van der Waals surface area contributed by atoms with Crippen molar-refractivity contribution in [3.63, 3.8) is 0 Å². The lowest BCUT2D eigenvalue weighted by Crippen LogP contribution is -2.32. The van der Waals surface area contributed by atoms with Crippen LogP contribution in [0.1, 0.15) is 17.3 Å². The van der Waals surface area contributed by atoms with Crippen molar-refractivity contribution in [2.24, 2.45) is 5.73 Å². The molecule has 1 rings (SSSR count). The summed E-state index contributed by atoms with van der Waals surface area (Å²) in [7, 11) is 1.29. The monoisotopic (exact) mass is 237 g/mol. The fourth-order valence-corrected chi connectivity index (χ4v) is 1.23. The number of ether oxygens (including phenoxy) is 1. The van der Waals surface area contributed by atoms with Crippen LogP contribution in [0, 0.1) is 0 Å². The normalized spacial score (nSPS) is 11.6. The van der Waals surface area contributed by atoms with Gasteiger partial charge in [-0.2, -0.15) is 0 Å². The number of esters is 1. The number of hydrogen-bond donors (Lipinski definition) is 3. The third kappa shape index (κ3) is 3.10. The van der Waals surface area contributed by atoms with Gasteiger partial charge in [0.2, 0.25) is 5.91 Å². The smallest absolute Gasteiger partial charge is 0.337 e. The third-order valence-electron chi connectivity index (χ3n) is 2.27. The van der Waals surface area contributed by atoms with E-state index in [1.807, 2.05) is 0 Å². The van der Waals surface area contributed by atoms with E-state index in [0.717, 1.165) is 0 Å². The Hall–Kier alpha value is -2.24. The van der Waals surface area contributed by atoms with Gasteiger partial charge in [0.1, 0.15) is 6.04 Å². The molecule has 0 heterocycles. The molecule has 0 aliphatic carbocycles. The third-order valence-corrected chi connectivity index (χ3v) is 2.27. The van der Waals surface area contributed by atoms with Gasteiger partial charge in [-0.3, -0.25) is 4.79 Å². The van der Waals surface area contributed by atoms with E-state index in [2.05, 4.69) is 10.1 Å². The highest BCUT2D eigenvalue weighted by molar-refractivity contribution is 5.92. The van der Waals surface area contributed by atoms with Crippen LogP contribution in [0.2, 0.25) is 0 Å². The highest BCUT2D eigenvalue weighted by Crippen LogP contribution is 2.21. The van der Waals surface area contributed by atoms with Gasteiger partial charge in [0.25, 0.3) is 0 Å². The second-order valence-corrected chi connectivity index (χ2v) is 3.56. The molecule has 1 unspecified atom stereocenters. The molecule has 0 aliphatic heterocycles. The first-order chi connectivity index (χ1) is 7.95. The molecule has 0 aliphatic rings. The zero-order valence-electron chi connectivity index (χ0n) is 9.69. The average molecular weight is 237 g/mol. The highest BCUT2D eigenvalue weighted by atomic mass is 16.5. The molecule has 17 heavy (non-hydrogen) atoms. The maximum atomic E-state index is 11.3. The molecule has 0 saturated carbocycles. The Kier molecular flexibility index (Phi) is 3.92. The number of carbonyl (C=O) groups excluding carboxylic acids is 2. The summed E-state index contributed by atoms with van der Waals surface area (Å²) in [6, 6.07) is 4.04. The zero-order chi connectivity index (χ0) is 13.0. The second kappa shape index (κ2) is 5.20. The summed E-state index contributed by atoms with van der Waals surface area (Å²) in [6.45, 7) is 1.60. The van der Waals surface area contributed by atoms with Gasteiger partial charge >= 0.3 is 5.97 Å². The fourth-order valence-electron chi connectivity index (χ4n) is 1.23. The number of carbonyl (C=O) groups is 2. The number of anilines is 2. The number of benzene rings is 1. The van der Waals surface area contributed by atoms with Gasteiger partial charge in [-0.25, -0.2) is 4.79 Å². The zero-order valence-corrected chi connectivity index (χ0v) is 9.69. The van der Waals surface area contributed by atoms with E-state index < -0.39 is 17.9 Å². The van der Waals surface area contributed by atoms with Gasteiger partial charge in [-0.05, 0) is 25.1 Å². The molecule has 0 bridgehead atoms. The molecule has 0 radical (unpaired) electrons. The lowest BCUT2D eigenvalue weighted by Gasteiger charge is -2.14. The Labute approximate surface area is 98.9 Å². The van der Waals surface area contributed by atoms with Crippen LogP contribution < -0.4 is 16.8 Å². The molecular formula is C11H15N3O3. The maximum Gasteiger partial charge on any atom is 0.337 e. The van der Waals surface area contributed by atoms with Crippen LogP contribution in [0.3, 0.4) is 0 Å². The number of amides is 1. The first kappa shape index (κ1) is 12.8. The minimum Gasteiger partial charge on any atom is -0.465 e. The fraction of sp³-hybridized carbons (Fsp3) is 0.273. The van der Waals surface area contributed by atoms with Crippen LogP contribution in [0.25, 0.3) is 0 Å². The minimum atomic E-state index is -0.579. The molecule has 1 amide bonds. The summed E-state index contributed by atoms with van der Waals surface area (Å²) < 4.78 is 4.58.